The molecule has 0 aliphatic heterocycles. The van der Waals surface area contributed by atoms with Gasteiger partial charge < -0.3 is 14.7 Å². The van der Waals surface area contributed by atoms with Gasteiger partial charge in [-0.15, -0.1) is 0 Å². The SMILES string of the molecule is C=C(CC=C(CCCN(C)C)C(=O)O)C(=O)OCCCCCCCCCCCCCCCCCC. The Hall–Kier alpha value is -1.62. The highest BCUT2D eigenvalue weighted by molar-refractivity contribution is 5.89. The van der Waals surface area contributed by atoms with Crippen LogP contribution >= 0.6 is 0 Å². The van der Waals surface area contributed by atoms with Crippen LogP contribution in [0.15, 0.2) is 23.8 Å². The largest absolute Gasteiger partial charge is 0.478 e. The third-order valence-corrected chi connectivity index (χ3v) is 6.44. The summed E-state index contributed by atoms with van der Waals surface area (Å²) in [6, 6.07) is 0. The third kappa shape index (κ3) is 22.6. The first kappa shape index (κ1) is 33.4. The number of nitrogens with zero attached hydrogens (tertiary/aromatic N) is 1. The number of hydrogen-bond donors (Lipinski definition) is 1. The molecule has 5 heteroatoms. The van der Waals surface area contributed by atoms with Gasteiger partial charge in [-0.3, -0.25) is 0 Å². The third-order valence-electron chi connectivity index (χ3n) is 6.44. The van der Waals surface area contributed by atoms with E-state index in [2.05, 4.69) is 13.5 Å². The lowest BCUT2D eigenvalue weighted by Gasteiger charge is -2.09. The van der Waals surface area contributed by atoms with Crippen molar-refractivity contribution in [2.24, 2.45) is 0 Å². The minimum atomic E-state index is -0.932. The molecular formula is C30H55NO4. The zero-order valence-electron chi connectivity index (χ0n) is 23.3. The van der Waals surface area contributed by atoms with Crippen molar-refractivity contribution >= 4 is 11.9 Å². The molecule has 0 bridgehead atoms. The minimum Gasteiger partial charge on any atom is -0.478 e. The molecule has 0 fully saturated rings. The van der Waals surface area contributed by atoms with Gasteiger partial charge in [0.2, 0.25) is 0 Å². The molecule has 0 aliphatic rings. The van der Waals surface area contributed by atoms with Crippen molar-refractivity contribution in [2.45, 2.75) is 129 Å². The van der Waals surface area contributed by atoms with Crippen molar-refractivity contribution in [3.63, 3.8) is 0 Å². The van der Waals surface area contributed by atoms with Crippen LogP contribution in [0.3, 0.4) is 0 Å². The van der Waals surface area contributed by atoms with Crippen molar-refractivity contribution in [3.8, 4) is 0 Å². The van der Waals surface area contributed by atoms with Gasteiger partial charge >= 0.3 is 11.9 Å². The summed E-state index contributed by atoms with van der Waals surface area (Å²) in [5.41, 5.74) is 0.645. The molecule has 204 valence electrons. The summed E-state index contributed by atoms with van der Waals surface area (Å²) in [7, 11) is 3.92. The number of aliphatic carboxylic acids is 1. The predicted molar refractivity (Wildman–Crippen MR) is 148 cm³/mol. The average Bonchev–Trinajstić information content (AvgIpc) is 2.82. The molecule has 0 saturated carbocycles. The maximum Gasteiger partial charge on any atom is 0.333 e. The van der Waals surface area contributed by atoms with Gasteiger partial charge in [0.05, 0.1) is 6.61 Å². The summed E-state index contributed by atoms with van der Waals surface area (Å²) in [6.45, 7) is 7.28. The van der Waals surface area contributed by atoms with Crippen molar-refractivity contribution in [3.05, 3.63) is 23.8 Å². The molecule has 0 unspecified atom stereocenters. The van der Waals surface area contributed by atoms with E-state index in [4.69, 9.17) is 4.74 Å². The molecule has 0 saturated heterocycles. The lowest BCUT2D eigenvalue weighted by atomic mass is 10.0. The van der Waals surface area contributed by atoms with Crippen LogP contribution in [0.1, 0.15) is 129 Å². The molecule has 1 N–H and O–H groups in total. The fraction of sp³-hybridized carbons (Fsp3) is 0.800. The van der Waals surface area contributed by atoms with E-state index >= 15 is 0 Å². The fourth-order valence-electron chi connectivity index (χ4n) is 4.13. The van der Waals surface area contributed by atoms with Gasteiger partial charge in [-0.25, -0.2) is 9.59 Å². The number of allylic oxidation sites excluding steroid dienone is 1. The minimum absolute atomic E-state index is 0.224. The Morgan fingerprint density at radius 3 is 1.66 bits per heavy atom. The second-order valence-corrected chi connectivity index (χ2v) is 10.2. The van der Waals surface area contributed by atoms with Crippen LogP contribution < -0.4 is 0 Å². The van der Waals surface area contributed by atoms with Crippen molar-refractivity contribution in [1.29, 1.82) is 0 Å². The molecule has 0 atom stereocenters. The molecule has 0 heterocycles. The molecule has 0 rings (SSSR count). The van der Waals surface area contributed by atoms with Crippen molar-refractivity contribution < 1.29 is 19.4 Å². The fourth-order valence-corrected chi connectivity index (χ4v) is 4.13. The summed E-state index contributed by atoms with van der Waals surface area (Å²) in [6.07, 6.45) is 24.1. The van der Waals surface area contributed by atoms with Gasteiger partial charge in [-0.2, -0.15) is 0 Å². The van der Waals surface area contributed by atoms with Gasteiger partial charge in [0.15, 0.2) is 0 Å². The summed E-state index contributed by atoms with van der Waals surface area (Å²) in [4.78, 5) is 25.5. The maximum atomic E-state index is 12.1. The van der Waals surface area contributed by atoms with Crippen molar-refractivity contribution in [2.75, 3.05) is 27.2 Å². The number of carbonyl (C=O) groups excluding carboxylic acids is 1. The lowest BCUT2D eigenvalue weighted by Crippen LogP contribution is -2.14. The van der Waals surface area contributed by atoms with Gasteiger partial charge in [0.1, 0.15) is 0 Å². The van der Waals surface area contributed by atoms with E-state index in [1.165, 1.54) is 89.9 Å². The molecular weight excluding hydrogens is 438 g/mol. The van der Waals surface area contributed by atoms with Crippen LogP contribution in [0.5, 0.6) is 0 Å². The quantitative estimate of drug-likeness (QED) is 0.0790. The Labute approximate surface area is 216 Å². The molecule has 0 spiro atoms. The monoisotopic (exact) mass is 493 g/mol. The van der Waals surface area contributed by atoms with Crippen LogP contribution in [0, 0.1) is 0 Å². The van der Waals surface area contributed by atoms with Crippen LogP contribution in [0.2, 0.25) is 0 Å². The number of carboxylic acid groups (broad SMARTS) is 1. The normalized spacial score (nSPS) is 11.7. The number of unbranched alkanes of at least 4 members (excludes halogenated alkanes) is 15. The van der Waals surface area contributed by atoms with E-state index in [9.17, 15) is 14.7 Å². The highest BCUT2D eigenvalue weighted by atomic mass is 16.5. The first-order valence-electron chi connectivity index (χ1n) is 14.3. The number of carbonyl (C=O) groups is 2. The first-order chi connectivity index (χ1) is 16.9. The number of carboxylic acids is 1. The Balaban J connectivity index is 3.63. The topological polar surface area (TPSA) is 66.8 Å². The highest BCUT2D eigenvalue weighted by Crippen LogP contribution is 2.14. The summed E-state index contributed by atoms with van der Waals surface area (Å²) >= 11 is 0. The smallest absolute Gasteiger partial charge is 0.333 e. The Kier molecular flexibility index (Phi) is 23.0. The van der Waals surface area contributed by atoms with Crippen LogP contribution in [0.25, 0.3) is 0 Å². The zero-order valence-corrected chi connectivity index (χ0v) is 23.3. The first-order valence-corrected chi connectivity index (χ1v) is 14.3. The van der Waals surface area contributed by atoms with E-state index in [1.807, 2.05) is 19.0 Å². The number of esters is 1. The number of ether oxygens (including phenoxy) is 1. The molecule has 35 heavy (non-hydrogen) atoms. The molecule has 5 nitrogen and oxygen atoms in total. The Bertz CT molecular complexity index is 583. The molecule has 0 aromatic heterocycles. The second-order valence-electron chi connectivity index (χ2n) is 10.2. The lowest BCUT2D eigenvalue weighted by molar-refractivity contribution is -0.139. The van der Waals surface area contributed by atoms with E-state index < -0.39 is 11.9 Å². The van der Waals surface area contributed by atoms with E-state index in [-0.39, 0.29) is 6.42 Å². The predicted octanol–water partition coefficient (Wildman–Crippen LogP) is 8.09. The standard InChI is InChI=1S/C30H55NO4/c1-5-6-7-8-9-10-11-12-13-14-15-16-17-18-19-20-26-35-30(34)27(2)23-24-28(29(32)33)22-21-25-31(3)4/h24H,2,5-23,25-26H2,1,3-4H3,(H,32,33). The van der Waals surface area contributed by atoms with Crippen LogP contribution in [-0.2, 0) is 14.3 Å². The number of rotatable bonds is 25. The summed E-state index contributed by atoms with van der Waals surface area (Å²) < 4.78 is 5.31. The molecule has 0 aromatic carbocycles. The second kappa shape index (κ2) is 24.1. The zero-order chi connectivity index (χ0) is 26.2. The van der Waals surface area contributed by atoms with Gasteiger partial charge in [-0.1, -0.05) is 116 Å². The maximum absolute atomic E-state index is 12.1. The van der Waals surface area contributed by atoms with Gasteiger partial charge in [-0.05, 0) is 46.3 Å². The average molecular weight is 494 g/mol. The highest BCUT2D eigenvalue weighted by Gasteiger charge is 2.11. The van der Waals surface area contributed by atoms with E-state index in [0.717, 1.165) is 25.8 Å². The molecule has 0 amide bonds. The van der Waals surface area contributed by atoms with Crippen LogP contribution in [-0.4, -0.2) is 49.2 Å². The van der Waals surface area contributed by atoms with E-state index in [1.54, 1.807) is 6.08 Å². The summed E-state index contributed by atoms with van der Waals surface area (Å²) in [5.74, 6) is -1.35. The molecule has 0 aromatic rings. The van der Waals surface area contributed by atoms with Gasteiger partial charge in [0.25, 0.3) is 0 Å². The Morgan fingerprint density at radius 1 is 0.771 bits per heavy atom. The van der Waals surface area contributed by atoms with E-state index in [0.29, 0.717) is 24.2 Å². The Morgan fingerprint density at radius 2 is 1.23 bits per heavy atom. The van der Waals surface area contributed by atoms with Gasteiger partial charge in [0, 0.05) is 11.1 Å². The van der Waals surface area contributed by atoms with Crippen molar-refractivity contribution in [1.82, 2.24) is 4.90 Å². The molecule has 0 aliphatic carbocycles. The summed E-state index contributed by atoms with van der Waals surface area (Å²) in [5, 5.41) is 9.33. The van der Waals surface area contributed by atoms with Crippen LogP contribution in [0.4, 0.5) is 0 Å². The molecule has 0 radical (unpaired) electrons. The number of hydrogen-bond acceptors (Lipinski definition) is 4.